The summed E-state index contributed by atoms with van der Waals surface area (Å²) in [6.07, 6.45) is -2.08. The fourth-order valence-corrected chi connectivity index (χ4v) is 0. The molecule has 0 rings (SSSR count). The van der Waals surface area contributed by atoms with Crippen LogP contribution in [0, 0.1) is 0 Å². The van der Waals surface area contributed by atoms with Crippen LogP contribution in [-0.2, 0) is 0 Å². The van der Waals surface area contributed by atoms with Crippen LogP contribution >= 0.6 is 0 Å². The van der Waals surface area contributed by atoms with E-state index < -0.39 is 6.16 Å². The molecule has 0 aromatic carbocycles. The molecule has 1 N–H and O–H groups in total. The first-order chi connectivity index (χ1) is 1.73. The van der Waals surface area contributed by atoms with Gasteiger partial charge in [0.05, 0.1) is 0 Å². The predicted molar refractivity (Wildman–Crippen MR) is 18.0 cm³/mol. The zero-order chi connectivity index (χ0) is 3.58. The second-order valence-corrected chi connectivity index (χ2v) is 0.266. The average molecular weight is 162 g/mol. The SMILES string of the molecule is O=C([O-])O.[AsH3].[Na+]. The van der Waals surface area contributed by atoms with Crippen LogP contribution < -0.4 is 34.7 Å². The predicted octanol–water partition coefficient (Wildman–Crippen LogP) is -5.29. The van der Waals surface area contributed by atoms with Gasteiger partial charge < -0.3 is 15.0 Å². The van der Waals surface area contributed by atoms with E-state index in [-0.39, 0.29) is 47.5 Å². The Labute approximate surface area is 68.3 Å². The van der Waals surface area contributed by atoms with E-state index in [1.807, 2.05) is 0 Å². The summed E-state index contributed by atoms with van der Waals surface area (Å²) in [6, 6.07) is 0. The van der Waals surface area contributed by atoms with Crippen LogP contribution in [0.2, 0.25) is 0 Å². The largest absolute Gasteiger partial charge is 1.00 e. The van der Waals surface area contributed by atoms with Crippen LogP contribution in [0.5, 0.6) is 0 Å². The third kappa shape index (κ3) is 103. The second kappa shape index (κ2) is 9.27. The maximum absolute atomic E-state index is 8.44. The third-order valence-electron chi connectivity index (χ3n) is 0. The number of rotatable bonds is 0. The van der Waals surface area contributed by atoms with E-state index in [1.165, 1.54) is 0 Å². The molecule has 0 aliphatic carbocycles. The van der Waals surface area contributed by atoms with Gasteiger partial charge in [0.25, 0.3) is 0 Å². The summed E-state index contributed by atoms with van der Waals surface area (Å²) in [7, 11) is 0. The summed E-state index contributed by atoms with van der Waals surface area (Å²) < 4.78 is 0. The first kappa shape index (κ1) is 15.8. The normalized spacial score (nSPS) is 4.00. The van der Waals surface area contributed by atoms with E-state index in [2.05, 4.69) is 0 Å². The molecule has 1 atom stereocenters. The van der Waals surface area contributed by atoms with Crippen LogP contribution in [0.1, 0.15) is 0 Å². The molecular weight excluding hydrogens is 158 g/mol. The fourth-order valence-electron chi connectivity index (χ4n) is 0. The molecular formula is CH4AsNaO3. The molecule has 0 aliphatic heterocycles. The Morgan fingerprint density at radius 3 is 1.67 bits per heavy atom. The van der Waals surface area contributed by atoms with Gasteiger partial charge in [0.1, 0.15) is 0 Å². The molecule has 0 fully saturated rings. The maximum Gasteiger partial charge on any atom is 1.00 e. The van der Waals surface area contributed by atoms with Crippen molar-refractivity contribution in [3.63, 3.8) is 0 Å². The molecule has 0 aromatic heterocycles. The van der Waals surface area contributed by atoms with Crippen molar-refractivity contribution in [3.05, 3.63) is 0 Å². The summed E-state index contributed by atoms with van der Waals surface area (Å²) in [6.45, 7) is 0. The topological polar surface area (TPSA) is 60.4 Å². The number of hydrogen-bond acceptors (Lipinski definition) is 2. The van der Waals surface area contributed by atoms with Crippen LogP contribution in [0.3, 0.4) is 0 Å². The molecule has 0 aliphatic rings. The van der Waals surface area contributed by atoms with E-state index in [4.69, 9.17) is 15.0 Å². The summed E-state index contributed by atoms with van der Waals surface area (Å²) in [5.74, 6) is 0. The van der Waals surface area contributed by atoms with Gasteiger partial charge in [-0.25, -0.2) is 0 Å². The molecule has 6 heavy (non-hydrogen) atoms. The Kier molecular flexibility index (Phi) is 24.5. The van der Waals surface area contributed by atoms with Gasteiger partial charge in [-0.15, -0.1) is 0 Å². The molecule has 0 radical (unpaired) electrons. The minimum absolute atomic E-state index is 0. The number of carbonyl (C=O) groups is 1. The molecule has 0 aromatic rings. The smallest absolute Gasteiger partial charge is 1.00 e. The molecule has 5 heteroatoms. The van der Waals surface area contributed by atoms with Crippen molar-refractivity contribution >= 4 is 24.1 Å². The van der Waals surface area contributed by atoms with E-state index in [9.17, 15) is 0 Å². The number of carboxylic acid groups (broad SMARTS) is 2. The molecule has 1 unspecified atom stereocenters. The van der Waals surface area contributed by atoms with Gasteiger partial charge in [-0.1, -0.05) is 0 Å². The summed E-state index contributed by atoms with van der Waals surface area (Å²) >= 11 is 0. The minimum Gasteiger partial charge on any atom is 1.00 e. The van der Waals surface area contributed by atoms with E-state index >= 15 is 0 Å². The van der Waals surface area contributed by atoms with Gasteiger partial charge >= 0.3 is 47.5 Å². The Morgan fingerprint density at radius 2 is 1.67 bits per heavy atom. The quantitative estimate of drug-likeness (QED) is 0.362. The Bertz CT molecular complexity index is 33.8. The fraction of sp³-hybridized carbons (Fsp3) is 0. The molecule has 0 bridgehead atoms. The molecule has 32 valence electrons. The number of hydrogen-bond donors (Lipinski definition) is 1. The zero-order valence-electron chi connectivity index (χ0n) is 3.47. The second-order valence-electron chi connectivity index (χ2n) is 0.266. The van der Waals surface area contributed by atoms with Gasteiger partial charge in [-0.05, 0) is 0 Å². The summed E-state index contributed by atoms with van der Waals surface area (Å²) in [5.41, 5.74) is 0. The van der Waals surface area contributed by atoms with Crippen LogP contribution in [0.25, 0.3) is 0 Å². The zero-order valence-corrected chi connectivity index (χ0v) is 8.44. The van der Waals surface area contributed by atoms with Crippen molar-refractivity contribution in [2.45, 2.75) is 0 Å². The first-order valence-corrected chi connectivity index (χ1v) is 0.632. The van der Waals surface area contributed by atoms with Gasteiger partial charge in [-0.3, -0.25) is 0 Å². The average Bonchev–Trinajstić information content (AvgIpc) is 0.811. The van der Waals surface area contributed by atoms with Crippen molar-refractivity contribution in [2.75, 3.05) is 0 Å². The first-order valence-electron chi connectivity index (χ1n) is 0.632. The van der Waals surface area contributed by atoms with Crippen LogP contribution in [0.4, 0.5) is 4.79 Å². The van der Waals surface area contributed by atoms with Gasteiger partial charge in [0, 0.05) is 0 Å². The van der Waals surface area contributed by atoms with E-state index in [0.29, 0.717) is 0 Å². The standard InChI is InChI=1S/CH2O3.AsH3.Na/c2-1(3)4;;/h(H2,2,3,4);1H3;/q;;+1/p-1. The molecule has 3 nitrogen and oxygen atoms in total. The Hall–Kier alpha value is 0.828. The molecule has 0 saturated carbocycles. The molecule has 0 spiro atoms. The molecule has 0 saturated heterocycles. The van der Waals surface area contributed by atoms with Crippen LogP contribution in [0.15, 0.2) is 0 Å². The van der Waals surface area contributed by atoms with Gasteiger partial charge in [-0.2, -0.15) is 0 Å². The van der Waals surface area contributed by atoms with Crippen molar-refractivity contribution in [2.24, 2.45) is 0 Å². The van der Waals surface area contributed by atoms with Gasteiger partial charge in [0.2, 0.25) is 6.16 Å². The van der Waals surface area contributed by atoms with Crippen molar-refractivity contribution < 1.29 is 44.6 Å². The van der Waals surface area contributed by atoms with Crippen molar-refractivity contribution in [3.8, 4) is 0 Å². The Morgan fingerprint density at radius 1 is 1.67 bits per heavy atom. The minimum atomic E-state index is -2.08. The monoisotopic (exact) mass is 162 g/mol. The van der Waals surface area contributed by atoms with Crippen molar-refractivity contribution in [1.82, 2.24) is 0 Å². The van der Waals surface area contributed by atoms with Crippen molar-refractivity contribution in [1.29, 1.82) is 0 Å². The van der Waals surface area contributed by atoms with Crippen LogP contribution in [-0.4, -0.2) is 29.2 Å². The third-order valence-corrected chi connectivity index (χ3v) is 0. The van der Waals surface area contributed by atoms with Gasteiger partial charge in [0.15, 0.2) is 0 Å². The van der Waals surface area contributed by atoms with E-state index in [1.54, 1.807) is 0 Å². The maximum atomic E-state index is 8.44. The Balaban J connectivity index is -0.0000000450. The summed E-state index contributed by atoms with van der Waals surface area (Å²) in [5, 5.41) is 15.3. The molecule has 0 amide bonds. The molecule has 0 heterocycles. The van der Waals surface area contributed by atoms with E-state index in [0.717, 1.165) is 0 Å². The summed E-state index contributed by atoms with van der Waals surface area (Å²) in [4.78, 5) is 8.44.